The normalized spacial score (nSPS) is 17.1. The van der Waals surface area contributed by atoms with Crippen molar-refractivity contribution in [2.75, 3.05) is 18.8 Å². The summed E-state index contributed by atoms with van der Waals surface area (Å²) in [5.74, 6) is 0.00276. The Bertz CT molecular complexity index is 501. The molecular weight excluding hydrogens is 296 g/mol. The molecule has 1 saturated heterocycles. The Morgan fingerprint density at radius 1 is 1.56 bits per heavy atom. The minimum absolute atomic E-state index is 0.00276. The first-order chi connectivity index (χ1) is 7.49. The maximum Gasteiger partial charge on any atom is 0.244 e. The molecule has 1 fully saturated rings. The second-order valence-electron chi connectivity index (χ2n) is 3.51. The van der Waals surface area contributed by atoms with E-state index in [4.69, 9.17) is 5.73 Å². The summed E-state index contributed by atoms with van der Waals surface area (Å²) in [4.78, 5) is 3.80. The highest BCUT2D eigenvalue weighted by molar-refractivity contribution is 9.10. The summed E-state index contributed by atoms with van der Waals surface area (Å²) < 4.78 is 27.0. The number of pyridine rings is 1. The van der Waals surface area contributed by atoms with Crippen LogP contribution in [0.25, 0.3) is 0 Å². The third-order valence-corrected chi connectivity index (χ3v) is 4.22. The number of aromatic nitrogens is 1. The molecule has 0 amide bonds. The van der Waals surface area contributed by atoms with Crippen LogP contribution < -0.4 is 15.8 Å². The zero-order valence-corrected chi connectivity index (χ0v) is 10.7. The van der Waals surface area contributed by atoms with Gasteiger partial charge in [-0.05, 0) is 22.0 Å². The standard InChI is InChI=1S/C8H11BrN4O2S/c9-5-1-7(8(10)12-2-5)16(14,15)13-6-3-11-4-6/h1-2,6,11,13H,3-4H2,(H2,10,12). The van der Waals surface area contributed by atoms with Crippen molar-refractivity contribution in [2.24, 2.45) is 0 Å². The summed E-state index contributed by atoms with van der Waals surface area (Å²) in [7, 11) is -3.58. The number of hydrogen-bond acceptors (Lipinski definition) is 5. The van der Waals surface area contributed by atoms with Crippen LogP contribution in [0.2, 0.25) is 0 Å². The molecule has 0 aliphatic carbocycles. The molecule has 0 bridgehead atoms. The van der Waals surface area contributed by atoms with E-state index >= 15 is 0 Å². The first-order valence-electron chi connectivity index (χ1n) is 4.63. The highest BCUT2D eigenvalue weighted by Crippen LogP contribution is 2.20. The number of hydrogen-bond donors (Lipinski definition) is 3. The molecule has 1 aromatic rings. The molecule has 0 saturated carbocycles. The number of sulfonamides is 1. The molecule has 2 heterocycles. The molecule has 16 heavy (non-hydrogen) atoms. The lowest BCUT2D eigenvalue weighted by Gasteiger charge is -2.27. The van der Waals surface area contributed by atoms with Gasteiger partial charge in [-0.15, -0.1) is 0 Å². The molecular formula is C8H11BrN4O2S. The fourth-order valence-corrected chi connectivity index (χ4v) is 3.13. The number of halogens is 1. The molecule has 0 aromatic carbocycles. The number of nitrogens with two attached hydrogens (primary N) is 1. The van der Waals surface area contributed by atoms with Gasteiger partial charge in [-0.1, -0.05) is 0 Å². The maximum atomic E-state index is 11.9. The fourth-order valence-electron chi connectivity index (χ4n) is 1.30. The predicted molar refractivity (Wildman–Crippen MR) is 63.3 cm³/mol. The van der Waals surface area contributed by atoms with E-state index in [0.29, 0.717) is 17.6 Å². The summed E-state index contributed by atoms with van der Waals surface area (Å²) in [5, 5.41) is 2.98. The van der Waals surface area contributed by atoms with Gasteiger partial charge in [0.1, 0.15) is 10.7 Å². The highest BCUT2D eigenvalue weighted by Gasteiger charge is 2.26. The lowest BCUT2D eigenvalue weighted by atomic mass is 10.2. The van der Waals surface area contributed by atoms with Gasteiger partial charge in [0.15, 0.2) is 0 Å². The quantitative estimate of drug-likeness (QED) is 0.711. The van der Waals surface area contributed by atoms with Crippen LogP contribution in [0, 0.1) is 0 Å². The van der Waals surface area contributed by atoms with Gasteiger partial charge in [-0.3, -0.25) is 0 Å². The van der Waals surface area contributed by atoms with Crippen molar-refractivity contribution in [1.82, 2.24) is 15.0 Å². The van der Waals surface area contributed by atoms with Crippen molar-refractivity contribution in [3.63, 3.8) is 0 Å². The predicted octanol–water partition coefficient (Wildman–Crippen LogP) is -0.324. The van der Waals surface area contributed by atoms with Crippen LogP contribution >= 0.6 is 15.9 Å². The maximum absolute atomic E-state index is 11.9. The van der Waals surface area contributed by atoms with Gasteiger partial charge in [0.05, 0.1) is 0 Å². The number of nitrogens with one attached hydrogen (secondary N) is 2. The van der Waals surface area contributed by atoms with Crippen molar-refractivity contribution >= 4 is 31.8 Å². The zero-order chi connectivity index (χ0) is 11.8. The molecule has 0 radical (unpaired) electrons. The van der Waals surface area contributed by atoms with Crippen molar-refractivity contribution < 1.29 is 8.42 Å². The Labute approximate surface area is 102 Å². The van der Waals surface area contributed by atoms with E-state index in [1.807, 2.05) is 0 Å². The zero-order valence-electron chi connectivity index (χ0n) is 8.27. The Morgan fingerprint density at radius 3 is 2.81 bits per heavy atom. The van der Waals surface area contributed by atoms with Gasteiger partial charge in [-0.2, -0.15) is 0 Å². The van der Waals surface area contributed by atoms with Crippen LogP contribution in [-0.4, -0.2) is 32.5 Å². The summed E-state index contributed by atoms with van der Waals surface area (Å²) in [6.07, 6.45) is 1.46. The molecule has 88 valence electrons. The van der Waals surface area contributed by atoms with Gasteiger partial charge < -0.3 is 11.1 Å². The van der Waals surface area contributed by atoms with Crippen LogP contribution in [0.5, 0.6) is 0 Å². The Hall–Kier alpha value is -0.700. The highest BCUT2D eigenvalue weighted by atomic mass is 79.9. The Morgan fingerprint density at radius 2 is 2.25 bits per heavy atom. The third-order valence-electron chi connectivity index (χ3n) is 2.24. The summed E-state index contributed by atoms with van der Waals surface area (Å²) in [5.41, 5.74) is 5.54. The third kappa shape index (κ3) is 2.34. The van der Waals surface area contributed by atoms with Crippen LogP contribution in [0.4, 0.5) is 5.82 Å². The van der Waals surface area contributed by atoms with Crippen molar-refractivity contribution in [1.29, 1.82) is 0 Å². The SMILES string of the molecule is Nc1ncc(Br)cc1S(=O)(=O)NC1CNC1. The minimum atomic E-state index is -3.58. The molecule has 4 N–H and O–H groups in total. The first kappa shape index (κ1) is 11.8. The van der Waals surface area contributed by atoms with Crippen LogP contribution in [0.15, 0.2) is 21.6 Å². The topological polar surface area (TPSA) is 97.1 Å². The van der Waals surface area contributed by atoms with Crippen LogP contribution in [-0.2, 0) is 10.0 Å². The second kappa shape index (κ2) is 4.28. The number of nitrogen functional groups attached to an aromatic ring is 1. The monoisotopic (exact) mass is 306 g/mol. The van der Waals surface area contributed by atoms with Gasteiger partial charge in [0.2, 0.25) is 10.0 Å². The van der Waals surface area contributed by atoms with Gasteiger partial charge in [-0.25, -0.2) is 18.1 Å². The molecule has 0 atom stereocenters. The molecule has 1 aromatic heterocycles. The second-order valence-corrected chi connectivity index (χ2v) is 6.11. The lowest BCUT2D eigenvalue weighted by molar-refractivity contribution is 0.410. The summed E-state index contributed by atoms with van der Waals surface area (Å²) in [6.45, 7) is 1.28. The molecule has 6 nitrogen and oxygen atoms in total. The lowest BCUT2D eigenvalue weighted by Crippen LogP contribution is -2.56. The number of rotatable bonds is 3. The van der Waals surface area contributed by atoms with E-state index in [1.54, 1.807) is 0 Å². The molecule has 1 aliphatic rings. The van der Waals surface area contributed by atoms with Gasteiger partial charge >= 0.3 is 0 Å². The molecule has 0 unspecified atom stereocenters. The van der Waals surface area contributed by atoms with Gasteiger partial charge in [0, 0.05) is 29.8 Å². The van der Waals surface area contributed by atoms with E-state index in [9.17, 15) is 8.42 Å². The first-order valence-corrected chi connectivity index (χ1v) is 6.91. The summed E-state index contributed by atoms with van der Waals surface area (Å²) >= 11 is 3.16. The van der Waals surface area contributed by atoms with Crippen molar-refractivity contribution in [3.8, 4) is 0 Å². The van der Waals surface area contributed by atoms with E-state index in [2.05, 4.69) is 31.0 Å². The number of anilines is 1. The largest absolute Gasteiger partial charge is 0.383 e. The van der Waals surface area contributed by atoms with Crippen molar-refractivity contribution in [2.45, 2.75) is 10.9 Å². The number of nitrogens with zero attached hydrogens (tertiary/aromatic N) is 1. The van der Waals surface area contributed by atoms with Gasteiger partial charge in [0.25, 0.3) is 0 Å². The molecule has 2 rings (SSSR count). The average Bonchev–Trinajstić information content (AvgIpc) is 2.16. The van der Waals surface area contributed by atoms with E-state index in [0.717, 1.165) is 0 Å². The van der Waals surface area contributed by atoms with E-state index in [-0.39, 0.29) is 16.8 Å². The van der Waals surface area contributed by atoms with E-state index < -0.39 is 10.0 Å². The minimum Gasteiger partial charge on any atom is -0.383 e. The van der Waals surface area contributed by atoms with Crippen molar-refractivity contribution in [3.05, 3.63) is 16.7 Å². The molecule has 8 heteroatoms. The average molecular weight is 307 g/mol. The van der Waals surface area contributed by atoms with Crippen LogP contribution in [0.3, 0.4) is 0 Å². The van der Waals surface area contributed by atoms with Crippen LogP contribution in [0.1, 0.15) is 0 Å². The smallest absolute Gasteiger partial charge is 0.244 e. The Kier molecular flexibility index (Phi) is 3.15. The summed E-state index contributed by atoms with van der Waals surface area (Å²) in [6, 6.07) is 1.37. The fraction of sp³-hybridized carbons (Fsp3) is 0.375. The Balaban J connectivity index is 2.30. The molecule has 0 spiro atoms. The molecule has 1 aliphatic heterocycles. The van der Waals surface area contributed by atoms with E-state index in [1.165, 1.54) is 12.3 Å².